The third-order valence-corrected chi connectivity index (χ3v) is 3.20. The molecule has 0 saturated carbocycles. The maximum Gasteiger partial charge on any atom is 0.123 e. The lowest BCUT2D eigenvalue weighted by atomic mass is 9.73. The highest BCUT2D eigenvalue weighted by Gasteiger charge is 2.37. The fraction of sp³-hybridized carbons (Fsp3) is 0.900. The third-order valence-electron chi connectivity index (χ3n) is 3.20. The van der Waals surface area contributed by atoms with Crippen molar-refractivity contribution in [2.45, 2.75) is 45.7 Å². The van der Waals surface area contributed by atoms with E-state index in [1.807, 2.05) is 0 Å². The van der Waals surface area contributed by atoms with Crippen molar-refractivity contribution in [2.24, 2.45) is 11.8 Å². The van der Waals surface area contributed by atoms with Gasteiger partial charge in [0, 0.05) is 17.5 Å². The van der Waals surface area contributed by atoms with Crippen LogP contribution in [0.2, 0.25) is 0 Å². The van der Waals surface area contributed by atoms with E-state index in [9.17, 15) is 4.79 Å². The molecule has 0 bridgehead atoms. The van der Waals surface area contributed by atoms with Crippen LogP contribution in [0.25, 0.3) is 0 Å². The van der Waals surface area contributed by atoms with Crippen LogP contribution >= 0.6 is 0 Å². The second-order valence-corrected chi connectivity index (χ2v) is 4.59. The predicted molar refractivity (Wildman–Crippen MR) is 50.0 cm³/mol. The zero-order valence-electron chi connectivity index (χ0n) is 8.42. The highest BCUT2D eigenvalue weighted by molar-refractivity contribution is 5.54. The van der Waals surface area contributed by atoms with Crippen molar-refractivity contribution in [3.05, 3.63) is 0 Å². The van der Waals surface area contributed by atoms with E-state index in [4.69, 9.17) is 0 Å². The first-order valence-corrected chi connectivity index (χ1v) is 4.70. The highest BCUT2D eigenvalue weighted by atomic mass is 16.1. The summed E-state index contributed by atoms with van der Waals surface area (Å²) in [6.07, 6.45) is 2.10. The molecule has 0 aromatic carbocycles. The van der Waals surface area contributed by atoms with Crippen LogP contribution in [0.5, 0.6) is 0 Å². The van der Waals surface area contributed by atoms with Crippen molar-refractivity contribution in [3.8, 4) is 0 Å². The van der Waals surface area contributed by atoms with Crippen LogP contribution in [0.15, 0.2) is 0 Å². The van der Waals surface area contributed by atoms with E-state index in [1.54, 1.807) is 0 Å². The van der Waals surface area contributed by atoms with E-state index in [-0.39, 0.29) is 11.5 Å². The first-order valence-electron chi connectivity index (χ1n) is 4.70. The summed E-state index contributed by atoms with van der Waals surface area (Å²) in [5.74, 6) is 0.669. The molecule has 0 aromatic rings. The van der Waals surface area contributed by atoms with Crippen molar-refractivity contribution >= 4 is 6.29 Å². The summed E-state index contributed by atoms with van der Waals surface area (Å²) in [5.41, 5.74) is 0.100. The van der Waals surface area contributed by atoms with Gasteiger partial charge >= 0.3 is 0 Å². The largest absolute Gasteiger partial charge is 0.309 e. The quantitative estimate of drug-likeness (QED) is 0.604. The minimum atomic E-state index is 0.100. The molecular formula is C10H19NO. The van der Waals surface area contributed by atoms with Crippen LogP contribution in [0.3, 0.4) is 0 Å². The third kappa shape index (κ3) is 1.69. The van der Waals surface area contributed by atoms with Crippen LogP contribution in [0.1, 0.15) is 34.1 Å². The molecule has 0 aliphatic carbocycles. The van der Waals surface area contributed by atoms with Crippen molar-refractivity contribution < 1.29 is 4.79 Å². The maximum absolute atomic E-state index is 10.8. The van der Waals surface area contributed by atoms with Gasteiger partial charge in [-0.3, -0.25) is 0 Å². The summed E-state index contributed by atoms with van der Waals surface area (Å²) in [7, 11) is 0. The Morgan fingerprint density at radius 2 is 2.00 bits per heavy atom. The Bertz CT molecular complexity index is 177. The van der Waals surface area contributed by atoms with E-state index < -0.39 is 0 Å². The smallest absolute Gasteiger partial charge is 0.123 e. The molecule has 0 spiro atoms. The molecule has 1 fully saturated rings. The van der Waals surface area contributed by atoms with E-state index in [1.165, 1.54) is 0 Å². The number of piperidine rings is 1. The average molecular weight is 169 g/mol. The van der Waals surface area contributed by atoms with Gasteiger partial charge in [0.1, 0.15) is 6.29 Å². The predicted octanol–water partition coefficient (Wildman–Crippen LogP) is 1.60. The summed E-state index contributed by atoms with van der Waals surface area (Å²) in [5, 5.41) is 3.51. The Labute approximate surface area is 74.7 Å². The number of aldehydes is 1. The minimum Gasteiger partial charge on any atom is -0.309 e. The van der Waals surface area contributed by atoms with Gasteiger partial charge in [0.05, 0.1) is 0 Å². The van der Waals surface area contributed by atoms with E-state index in [0.717, 1.165) is 12.7 Å². The van der Waals surface area contributed by atoms with Gasteiger partial charge in [0.25, 0.3) is 0 Å². The lowest BCUT2D eigenvalue weighted by Crippen LogP contribution is -2.56. The van der Waals surface area contributed by atoms with Crippen LogP contribution in [-0.2, 0) is 4.79 Å². The second kappa shape index (κ2) is 3.17. The summed E-state index contributed by atoms with van der Waals surface area (Å²) in [6.45, 7) is 8.63. The highest BCUT2D eigenvalue weighted by Crippen LogP contribution is 2.31. The molecule has 0 amide bonds. The molecule has 3 atom stereocenters. The van der Waals surface area contributed by atoms with Gasteiger partial charge in [-0.05, 0) is 33.1 Å². The van der Waals surface area contributed by atoms with Gasteiger partial charge in [-0.15, -0.1) is 0 Å². The Balaban J connectivity index is 2.75. The molecule has 1 aliphatic rings. The van der Waals surface area contributed by atoms with E-state index in [2.05, 4.69) is 33.0 Å². The standard InChI is InChI=1S/C10H19NO/c1-7-5-9(6-12)8(2)10(3,4)11-7/h6-9,11H,5H2,1-4H3. The monoisotopic (exact) mass is 169 g/mol. The number of carbonyl (C=O) groups is 1. The molecule has 0 aromatic heterocycles. The molecule has 1 heterocycles. The fourth-order valence-corrected chi connectivity index (χ4v) is 2.15. The van der Waals surface area contributed by atoms with E-state index >= 15 is 0 Å². The Hall–Kier alpha value is -0.370. The first-order chi connectivity index (χ1) is 5.47. The van der Waals surface area contributed by atoms with Crippen molar-refractivity contribution in [2.75, 3.05) is 0 Å². The number of rotatable bonds is 1. The molecule has 3 unspecified atom stereocenters. The Kier molecular flexibility index (Phi) is 2.57. The summed E-state index contributed by atoms with van der Waals surface area (Å²) < 4.78 is 0. The summed E-state index contributed by atoms with van der Waals surface area (Å²) >= 11 is 0. The van der Waals surface area contributed by atoms with Crippen LogP contribution in [0, 0.1) is 11.8 Å². The molecule has 1 rings (SSSR count). The molecule has 2 nitrogen and oxygen atoms in total. The molecule has 2 heteroatoms. The first kappa shape index (κ1) is 9.72. The molecule has 1 aliphatic heterocycles. The number of carbonyl (C=O) groups excluding carboxylic acids is 1. The lowest BCUT2D eigenvalue weighted by molar-refractivity contribution is -0.115. The second-order valence-electron chi connectivity index (χ2n) is 4.59. The zero-order chi connectivity index (χ0) is 9.35. The van der Waals surface area contributed by atoms with Crippen LogP contribution in [0.4, 0.5) is 0 Å². The number of hydrogen-bond donors (Lipinski definition) is 1. The van der Waals surface area contributed by atoms with Gasteiger partial charge in [0.2, 0.25) is 0 Å². The van der Waals surface area contributed by atoms with Crippen molar-refractivity contribution in [3.63, 3.8) is 0 Å². The molecule has 0 radical (unpaired) electrons. The van der Waals surface area contributed by atoms with Gasteiger partial charge in [-0.1, -0.05) is 6.92 Å². The molecule has 70 valence electrons. The maximum atomic E-state index is 10.8. The van der Waals surface area contributed by atoms with Crippen molar-refractivity contribution in [1.82, 2.24) is 5.32 Å². The zero-order valence-corrected chi connectivity index (χ0v) is 8.42. The van der Waals surface area contributed by atoms with Crippen LogP contribution < -0.4 is 5.32 Å². The lowest BCUT2D eigenvalue weighted by Gasteiger charge is -2.44. The number of nitrogens with one attached hydrogen (secondary N) is 1. The fourth-order valence-electron chi connectivity index (χ4n) is 2.15. The molecule has 1 N–H and O–H groups in total. The van der Waals surface area contributed by atoms with Gasteiger partial charge < -0.3 is 10.1 Å². The summed E-state index contributed by atoms with van der Waals surface area (Å²) in [6, 6.07) is 0.464. The van der Waals surface area contributed by atoms with E-state index in [0.29, 0.717) is 12.0 Å². The van der Waals surface area contributed by atoms with Crippen molar-refractivity contribution in [1.29, 1.82) is 0 Å². The van der Waals surface area contributed by atoms with Crippen LogP contribution in [-0.4, -0.2) is 17.9 Å². The number of hydrogen-bond acceptors (Lipinski definition) is 2. The normalized spacial score (nSPS) is 40.8. The van der Waals surface area contributed by atoms with Gasteiger partial charge in [0.15, 0.2) is 0 Å². The molecule has 12 heavy (non-hydrogen) atoms. The SMILES string of the molecule is CC1CC(C=O)C(C)C(C)(C)N1. The Morgan fingerprint density at radius 3 is 2.50 bits per heavy atom. The minimum absolute atomic E-state index is 0.100. The van der Waals surface area contributed by atoms with Gasteiger partial charge in [-0.2, -0.15) is 0 Å². The summed E-state index contributed by atoms with van der Waals surface area (Å²) in [4.78, 5) is 10.8. The topological polar surface area (TPSA) is 29.1 Å². The average Bonchev–Trinajstić information content (AvgIpc) is 1.96. The molecular weight excluding hydrogens is 150 g/mol. The van der Waals surface area contributed by atoms with Gasteiger partial charge in [-0.25, -0.2) is 0 Å². The molecule has 1 saturated heterocycles. The Morgan fingerprint density at radius 1 is 1.42 bits per heavy atom.